The monoisotopic (exact) mass is 275 g/mol. The summed E-state index contributed by atoms with van der Waals surface area (Å²) in [5, 5.41) is 3.27. The van der Waals surface area contributed by atoms with Crippen molar-refractivity contribution < 1.29 is 8.42 Å². The van der Waals surface area contributed by atoms with E-state index in [2.05, 4.69) is 30.4 Å². The van der Waals surface area contributed by atoms with E-state index in [4.69, 9.17) is 0 Å². The number of benzene rings is 2. The Kier molecular flexibility index (Phi) is 3.90. The van der Waals surface area contributed by atoms with Crippen molar-refractivity contribution in [2.45, 2.75) is 18.4 Å². The summed E-state index contributed by atoms with van der Waals surface area (Å²) in [6.45, 7) is 2.78. The molecule has 0 atom stereocenters. The third-order valence-electron chi connectivity index (χ3n) is 2.86. The second kappa shape index (κ2) is 5.45. The van der Waals surface area contributed by atoms with Crippen LogP contribution in [0, 0.1) is 6.92 Å². The summed E-state index contributed by atoms with van der Waals surface area (Å²) in [6.07, 6.45) is 1.21. The second-order valence-electron chi connectivity index (χ2n) is 4.64. The first-order valence-corrected chi connectivity index (χ1v) is 7.94. The molecular formula is C15H17NO2S. The Labute approximate surface area is 114 Å². The number of hydrogen-bond acceptors (Lipinski definition) is 3. The van der Waals surface area contributed by atoms with Crippen LogP contribution in [-0.2, 0) is 16.4 Å². The van der Waals surface area contributed by atoms with Crippen LogP contribution in [-0.4, -0.2) is 14.7 Å². The number of hydrogen-bond donors (Lipinski definition) is 1. The highest BCUT2D eigenvalue weighted by Gasteiger charge is 2.05. The standard InChI is InChI=1S/C15H17NO2S/c1-12-4-3-5-13(10-12)11-16-14-6-8-15(9-7-14)19(2,17)18/h3-10,16H,11H2,1-2H3. The first-order valence-electron chi connectivity index (χ1n) is 6.05. The molecule has 0 heterocycles. The Morgan fingerprint density at radius 3 is 2.32 bits per heavy atom. The fourth-order valence-corrected chi connectivity index (χ4v) is 2.48. The number of anilines is 1. The Morgan fingerprint density at radius 1 is 1.05 bits per heavy atom. The lowest BCUT2D eigenvalue weighted by molar-refractivity contribution is 0.602. The van der Waals surface area contributed by atoms with Crippen LogP contribution in [0.3, 0.4) is 0 Å². The van der Waals surface area contributed by atoms with Gasteiger partial charge in [-0.05, 0) is 36.8 Å². The lowest BCUT2D eigenvalue weighted by Crippen LogP contribution is -2.01. The molecule has 0 fully saturated rings. The van der Waals surface area contributed by atoms with Gasteiger partial charge in [-0.3, -0.25) is 0 Å². The number of nitrogens with one attached hydrogen (secondary N) is 1. The van der Waals surface area contributed by atoms with E-state index in [1.54, 1.807) is 24.3 Å². The zero-order valence-corrected chi connectivity index (χ0v) is 11.9. The summed E-state index contributed by atoms with van der Waals surface area (Å²) in [4.78, 5) is 0.341. The van der Waals surface area contributed by atoms with Crippen LogP contribution >= 0.6 is 0 Å². The van der Waals surface area contributed by atoms with Crippen molar-refractivity contribution >= 4 is 15.5 Å². The maximum Gasteiger partial charge on any atom is 0.175 e. The first-order chi connectivity index (χ1) is 8.95. The molecule has 0 unspecified atom stereocenters. The first kappa shape index (κ1) is 13.6. The van der Waals surface area contributed by atoms with Gasteiger partial charge < -0.3 is 5.32 Å². The van der Waals surface area contributed by atoms with Gasteiger partial charge in [-0.2, -0.15) is 0 Å². The molecule has 0 aromatic heterocycles. The number of aryl methyl sites for hydroxylation is 1. The summed E-state index contributed by atoms with van der Waals surface area (Å²) in [7, 11) is -3.12. The van der Waals surface area contributed by atoms with Crippen LogP contribution in [0.2, 0.25) is 0 Å². The Balaban J connectivity index is 2.05. The smallest absolute Gasteiger partial charge is 0.175 e. The Morgan fingerprint density at radius 2 is 1.74 bits per heavy atom. The molecule has 2 aromatic rings. The van der Waals surface area contributed by atoms with E-state index in [-0.39, 0.29) is 0 Å². The van der Waals surface area contributed by atoms with E-state index >= 15 is 0 Å². The molecular weight excluding hydrogens is 258 g/mol. The van der Waals surface area contributed by atoms with Gasteiger partial charge in [0.15, 0.2) is 9.84 Å². The molecule has 0 radical (unpaired) electrons. The van der Waals surface area contributed by atoms with Gasteiger partial charge in [-0.25, -0.2) is 8.42 Å². The van der Waals surface area contributed by atoms with Gasteiger partial charge in [0.1, 0.15) is 0 Å². The van der Waals surface area contributed by atoms with Crippen LogP contribution in [0.15, 0.2) is 53.4 Å². The maximum atomic E-state index is 11.3. The predicted octanol–water partition coefficient (Wildman–Crippen LogP) is 3.01. The van der Waals surface area contributed by atoms with Gasteiger partial charge in [0.25, 0.3) is 0 Å². The highest BCUT2D eigenvalue weighted by atomic mass is 32.2. The summed E-state index contributed by atoms with van der Waals surface area (Å²) < 4.78 is 22.7. The molecule has 0 aliphatic heterocycles. The average molecular weight is 275 g/mol. The van der Waals surface area contributed by atoms with E-state index in [0.29, 0.717) is 4.90 Å². The van der Waals surface area contributed by atoms with E-state index in [1.807, 2.05) is 6.07 Å². The Hall–Kier alpha value is -1.81. The van der Waals surface area contributed by atoms with E-state index in [9.17, 15) is 8.42 Å². The minimum absolute atomic E-state index is 0.341. The molecule has 2 rings (SSSR count). The summed E-state index contributed by atoms with van der Waals surface area (Å²) in [5.74, 6) is 0. The van der Waals surface area contributed by atoms with Gasteiger partial charge in [0.05, 0.1) is 4.90 Å². The normalized spacial score (nSPS) is 11.3. The van der Waals surface area contributed by atoms with Crippen LogP contribution < -0.4 is 5.32 Å². The topological polar surface area (TPSA) is 46.2 Å². The molecule has 0 saturated heterocycles. The van der Waals surface area contributed by atoms with Gasteiger partial charge in [-0.1, -0.05) is 29.8 Å². The minimum Gasteiger partial charge on any atom is -0.381 e. The number of rotatable bonds is 4. The third-order valence-corrected chi connectivity index (χ3v) is 3.99. The van der Waals surface area contributed by atoms with Crippen LogP contribution in [0.1, 0.15) is 11.1 Å². The van der Waals surface area contributed by atoms with Crippen molar-refractivity contribution in [1.29, 1.82) is 0 Å². The highest BCUT2D eigenvalue weighted by Crippen LogP contribution is 2.15. The molecule has 19 heavy (non-hydrogen) atoms. The van der Waals surface area contributed by atoms with Gasteiger partial charge in [-0.15, -0.1) is 0 Å². The van der Waals surface area contributed by atoms with Gasteiger partial charge in [0, 0.05) is 18.5 Å². The van der Waals surface area contributed by atoms with Crippen molar-refractivity contribution in [3.05, 3.63) is 59.7 Å². The minimum atomic E-state index is -3.12. The molecule has 0 spiro atoms. The summed E-state index contributed by atoms with van der Waals surface area (Å²) in [5.41, 5.74) is 3.34. The predicted molar refractivity (Wildman–Crippen MR) is 78.1 cm³/mol. The van der Waals surface area contributed by atoms with Crippen LogP contribution in [0.5, 0.6) is 0 Å². The fraction of sp³-hybridized carbons (Fsp3) is 0.200. The lowest BCUT2D eigenvalue weighted by Gasteiger charge is -2.08. The molecule has 4 heteroatoms. The van der Waals surface area contributed by atoms with Gasteiger partial charge >= 0.3 is 0 Å². The average Bonchev–Trinajstić information content (AvgIpc) is 2.36. The van der Waals surface area contributed by atoms with Crippen molar-refractivity contribution in [1.82, 2.24) is 0 Å². The summed E-state index contributed by atoms with van der Waals surface area (Å²) >= 11 is 0. The highest BCUT2D eigenvalue weighted by molar-refractivity contribution is 7.90. The molecule has 0 saturated carbocycles. The van der Waals surface area contributed by atoms with Crippen molar-refractivity contribution in [2.75, 3.05) is 11.6 Å². The molecule has 1 N–H and O–H groups in total. The quantitative estimate of drug-likeness (QED) is 0.933. The maximum absolute atomic E-state index is 11.3. The molecule has 2 aromatic carbocycles. The fourth-order valence-electron chi connectivity index (χ4n) is 1.85. The SMILES string of the molecule is Cc1cccc(CNc2ccc(S(C)(=O)=O)cc2)c1. The van der Waals surface area contributed by atoms with Crippen LogP contribution in [0.25, 0.3) is 0 Å². The molecule has 0 aliphatic carbocycles. The largest absolute Gasteiger partial charge is 0.381 e. The zero-order chi connectivity index (χ0) is 13.9. The van der Waals surface area contributed by atoms with Crippen molar-refractivity contribution in [3.63, 3.8) is 0 Å². The summed E-state index contributed by atoms with van der Waals surface area (Å²) in [6, 6.07) is 15.1. The van der Waals surface area contributed by atoms with E-state index in [1.165, 1.54) is 17.4 Å². The third kappa shape index (κ3) is 3.83. The molecule has 100 valence electrons. The lowest BCUT2D eigenvalue weighted by atomic mass is 10.1. The van der Waals surface area contributed by atoms with Crippen LogP contribution in [0.4, 0.5) is 5.69 Å². The second-order valence-corrected chi connectivity index (χ2v) is 6.65. The number of sulfone groups is 1. The van der Waals surface area contributed by atoms with Crippen molar-refractivity contribution in [2.24, 2.45) is 0 Å². The molecule has 0 bridgehead atoms. The van der Waals surface area contributed by atoms with Gasteiger partial charge in [0.2, 0.25) is 0 Å². The Bertz CT molecular complexity index is 661. The molecule has 0 amide bonds. The van der Waals surface area contributed by atoms with Crippen molar-refractivity contribution in [3.8, 4) is 0 Å². The molecule has 0 aliphatic rings. The zero-order valence-electron chi connectivity index (χ0n) is 11.1. The van der Waals surface area contributed by atoms with E-state index < -0.39 is 9.84 Å². The van der Waals surface area contributed by atoms with E-state index in [0.717, 1.165) is 12.2 Å². The molecule has 3 nitrogen and oxygen atoms in total.